The largest absolute Gasteiger partial charge is 0.497 e. The van der Waals surface area contributed by atoms with E-state index in [1.54, 1.807) is 12.5 Å². The molecular formula is C24H28N4O3. The van der Waals surface area contributed by atoms with Crippen molar-refractivity contribution in [3.8, 4) is 22.9 Å². The van der Waals surface area contributed by atoms with Crippen LogP contribution >= 0.6 is 0 Å². The topological polar surface area (TPSA) is 98.5 Å². The third-order valence-corrected chi connectivity index (χ3v) is 5.04. The van der Waals surface area contributed by atoms with E-state index >= 15 is 0 Å². The molecule has 1 amide bonds. The maximum Gasteiger partial charge on any atom is 0.221 e. The number of carbonyl (C=O) groups excluding carboxylic acids is 1. The minimum Gasteiger partial charge on any atom is -0.497 e. The van der Waals surface area contributed by atoms with Crippen LogP contribution in [0.25, 0.3) is 11.3 Å². The van der Waals surface area contributed by atoms with Gasteiger partial charge in [0.1, 0.15) is 12.4 Å². The van der Waals surface area contributed by atoms with Crippen LogP contribution in [-0.2, 0) is 11.4 Å². The number of ether oxygens (including phenoxy) is 2. The Labute approximate surface area is 182 Å². The van der Waals surface area contributed by atoms with Gasteiger partial charge in [0.05, 0.1) is 12.8 Å². The molecule has 7 nitrogen and oxygen atoms in total. The summed E-state index contributed by atoms with van der Waals surface area (Å²) >= 11 is 0. The van der Waals surface area contributed by atoms with Crippen LogP contribution in [0.3, 0.4) is 0 Å². The van der Waals surface area contributed by atoms with E-state index in [1.165, 1.54) is 24.0 Å². The molecule has 1 fully saturated rings. The smallest absolute Gasteiger partial charge is 0.221 e. The second-order valence-corrected chi connectivity index (χ2v) is 7.06. The Morgan fingerprint density at radius 2 is 1.81 bits per heavy atom. The molecule has 0 radical (unpaired) electrons. The number of hydrogen-bond acceptors (Lipinski definition) is 6. The number of nitrogens with one attached hydrogen (secondary N) is 2. The average Bonchev–Trinajstić information content (AvgIpc) is 3.68. The molecule has 1 aliphatic rings. The number of hydrogen-bond donors (Lipinski definition) is 3. The molecule has 2 aromatic carbocycles. The van der Waals surface area contributed by atoms with Crippen molar-refractivity contribution in [2.24, 2.45) is 5.84 Å². The van der Waals surface area contributed by atoms with Crippen molar-refractivity contribution in [2.75, 3.05) is 19.5 Å². The highest BCUT2D eigenvalue weighted by Crippen LogP contribution is 2.43. The summed E-state index contributed by atoms with van der Waals surface area (Å²) < 4.78 is 11.3. The van der Waals surface area contributed by atoms with Crippen LogP contribution in [0.2, 0.25) is 0 Å². The minimum absolute atomic E-state index is 0.403. The third kappa shape index (κ3) is 5.96. The first-order valence-electron chi connectivity index (χ1n) is 10.1. The number of rotatable bonds is 8. The minimum atomic E-state index is 0.403. The lowest BCUT2D eigenvalue weighted by Crippen LogP contribution is -2.18. The Balaban J connectivity index is 0.000000628. The fraction of sp³-hybridized carbons (Fsp3) is 0.250. The van der Waals surface area contributed by atoms with Crippen molar-refractivity contribution < 1.29 is 14.3 Å². The normalized spacial score (nSPS) is 12.2. The summed E-state index contributed by atoms with van der Waals surface area (Å²) in [6, 6.07) is 20.2. The van der Waals surface area contributed by atoms with E-state index in [9.17, 15) is 0 Å². The van der Waals surface area contributed by atoms with Crippen molar-refractivity contribution >= 4 is 12.1 Å². The molecular weight excluding hydrogens is 392 g/mol. The molecule has 1 aromatic heterocycles. The number of carbonyl (C=O) groups is 1. The molecule has 1 heterocycles. The number of nitrogens with zero attached hydrogens (tertiary/aromatic N) is 1. The summed E-state index contributed by atoms with van der Waals surface area (Å²) in [5.41, 5.74) is 7.44. The molecule has 31 heavy (non-hydrogen) atoms. The van der Waals surface area contributed by atoms with Crippen molar-refractivity contribution in [2.45, 2.75) is 25.4 Å². The molecule has 0 atom stereocenters. The van der Waals surface area contributed by atoms with Crippen molar-refractivity contribution in [1.82, 2.24) is 10.4 Å². The number of benzene rings is 2. The van der Waals surface area contributed by atoms with Gasteiger partial charge in [0.15, 0.2) is 0 Å². The second kappa shape index (κ2) is 11.0. The molecule has 0 spiro atoms. The van der Waals surface area contributed by atoms with Crippen LogP contribution in [0.5, 0.6) is 11.6 Å². The molecule has 0 aliphatic heterocycles. The number of amides is 1. The van der Waals surface area contributed by atoms with Crippen LogP contribution < -0.4 is 26.1 Å². The van der Waals surface area contributed by atoms with E-state index in [0.717, 1.165) is 22.7 Å². The summed E-state index contributed by atoms with van der Waals surface area (Å²) in [4.78, 5) is 13.6. The number of hydrazine groups is 1. The van der Waals surface area contributed by atoms with Gasteiger partial charge in [-0.15, -0.1) is 0 Å². The highest BCUT2D eigenvalue weighted by molar-refractivity contribution is 5.60. The Bertz CT molecular complexity index is 988. The first kappa shape index (κ1) is 22.1. The van der Waals surface area contributed by atoms with Crippen molar-refractivity contribution in [1.29, 1.82) is 0 Å². The van der Waals surface area contributed by atoms with Crippen molar-refractivity contribution in [3.05, 3.63) is 71.8 Å². The van der Waals surface area contributed by atoms with Gasteiger partial charge in [-0.25, -0.2) is 10.8 Å². The van der Waals surface area contributed by atoms with Crippen LogP contribution in [0, 0.1) is 0 Å². The van der Waals surface area contributed by atoms with E-state index in [0.29, 0.717) is 24.8 Å². The molecule has 0 saturated heterocycles. The van der Waals surface area contributed by atoms with E-state index < -0.39 is 0 Å². The zero-order valence-electron chi connectivity index (χ0n) is 17.8. The average molecular weight is 421 g/mol. The van der Waals surface area contributed by atoms with Gasteiger partial charge in [-0.05, 0) is 60.7 Å². The standard InChI is InChI=1S/C23H24N2O2.CH4N2O/c1-24-22-7-3-5-19(16-9-10-16)20(22)15-27-23-8-4-6-21(25-23)17-11-13-18(26-2)14-12-17;2-3-1-4/h3-8,11-14,16,24H,9-10,15H2,1-2H3;1H,2H2,(H,3,4). The quantitative estimate of drug-likeness (QED) is 0.222. The molecule has 4 rings (SSSR count). The van der Waals surface area contributed by atoms with E-state index in [1.807, 2.05) is 49.5 Å². The van der Waals surface area contributed by atoms with Crippen LogP contribution in [0.15, 0.2) is 60.7 Å². The molecule has 4 N–H and O–H groups in total. The predicted octanol–water partition coefficient (Wildman–Crippen LogP) is 3.86. The van der Waals surface area contributed by atoms with E-state index in [2.05, 4.69) is 34.3 Å². The van der Waals surface area contributed by atoms with Gasteiger partial charge in [-0.1, -0.05) is 18.2 Å². The number of aromatic nitrogens is 1. The first-order chi connectivity index (χ1) is 15.2. The predicted molar refractivity (Wildman–Crippen MR) is 122 cm³/mol. The Morgan fingerprint density at radius 3 is 2.42 bits per heavy atom. The Kier molecular flexibility index (Phi) is 7.84. The summed E-state index contributed by atoms with van der Waals surface area (Å²) in [7, 11) is 3.62. The highest BCUT2D eigenvalue weighted by atomic mass is 16.5. The number of anilines is 1. The molecule has 162 valence electrons. The highest BCUT2D eigenvalue weighted by Gasteiger charge is 2.27. The summed E-state index contributed by atoms with van der Waals surface area (Å²) in [6.07, 6.45) is 2.94. The van der Waals surface area contributed by atoms with Crippen LogP contribution in [-0.4, -0.2) is 25.6 Å². The monoisotopic (exact) mass is 420 g/mol. The first-order valence-corrected chi connectivity index (χ1v) is 10.1. The Hall–Kier alpha value is -3.58. The van der Waals surface area contributed by atoms with Gasteiger partial charge in [-0.2, -0.15) is 0 Å². The SMILES string of the molecule is CNc1cccc(C2CC2)c1COc1cccc(-c2ccc(OC)cc2)n1.NNC=O. The number of nitrogens with two attached hydrogens (primary N) is 1. The molecule has 0 unspecified atom stereocenters. The second-order valence-electron chi connectivity index (χ2n) is 7.06. The third-order valence-electron chi connectivity index (χ3n) is 5.04. The Morgan fingerprint density at radius 1 is 1.10 bits per heavy atom. The van der Waals surface area contributed by atoms with Gasteiger partial charge < -0.3 is 14.8 Å². The maximum absolute atomic E-state index is 8.94. The van der Waals surface area contributed by atoms with Gasteiger partial charge in [0.25, 0.3) is 0 Å². The fourth-order valence-electron chi connectivity index (χ4n) is 3.34. The maximum atomic E-state index is 8.94. The van der Waals surface area contributed by atoms with Crippen LogP contribution in [0.4, 0.5) is 5.69 Å². The lowest BCUT2D eigenvalue weighted by Gasteiger charge is -2.15. The van der Waals surface area contributed by atoms with Gasteiger partial charge in [0.2, 0.25) is 12.3 Å². The van der Waals surface area contributed by atoms with Crippen LogP contribution in [0.1, 0.15) is 29.9 Å². The molecule has 3 aromatic rings. The van der Waals surface area contributed by atoms with Gasteiger partial charge in [0, 0.05) is 29.9 Å². The molecule has 1 aliphatic carbocycles. The molecule has 0 bridgehead atoms. The van der Waals surface area contributed by atoms with E-state index in [-0.39, 0.29) is 0 Å². The van der Waals surface area contributed by atoms with Gasteiger partial charge in [-0.3, -0.25) is 10.2 Å². The summed E-state index contributed by atoms with van der Waals surface area (Å²) in [5, 5.41) is 3.29. The van der Waals surface area contributed by atoms with E-state index in [4.69, 9.17) is 14.3 Å². The molecule has 1 saturated carbocycles. The molecule has 7 heteroatoms. The number of methoxy groups -OCH3 is 1. The zero-order chi connectivity index (χ0) is 22.1. The van der Waals surface area contributed by atoms with Crippen molar-refractivity contribution in [3.63, 3.8) is 0 Å². The lowest BCUT2D eigenvalue weighted by atomic mass is 10.0. The van der Waals surface area contributed by atoms with Gasteiger partial charge >= 0.3 is 0 Å². The zero-order valence-corrected chi connectivity index (χ0v) is 17.8. The summed E-state index contributed by atoms with van der Waals surface area (Å²) in [6.45, 7) is 0.516. The fourth-order valence-corrected chi connectivity index (χ4v) is 3.34. The summed E-state index contributed by atoms with van der Waals surface area (Å²) in [5.74, 6) is 6.56. The lowest BCUT2D eigenvalue weighted by molar-refractivity contribution is -0.109. The number of pyridine rings is 1.